The molecule has 3 aromatic carbocycles. The van der Waals surface area contributed by atoms with Gasteiger partial charge in [-0.05, 0) is 79.6 Å². The van der Waals surface area contributed by atoms with Gasteiger partial charge in [0.15, 0.2) is 0 Å². The van der Waals surface area contributed by atoms with Crippen molar-refractivity contribution in [2.45, 2.75) is 58.0 Å². The first-order valence-electron chi connectivity index (χ1n) is 13.9. The number of hydrogen-bond acceptors (Lipinski definition) is 3. The fourth-order valence-electron chi connectivity index (χ4n) is 6.01. The predicted molar refractivity (Wildman–Crippen MR) is 155 cm³/mol. The molecule has 2 aliphatic rings. The standard InChI is InChI=1S/C32H34ClF2N3O2/c1-19-16-25(31(39)37-24-13-10-20(2)26(33)17-24)30(21-11-14-23(15-12-21)36-22-6-3-4-7-22)38(18-19)32(40)29-27(34)8-5-9-28(29)35/h5,8-15,17,19,22,25,30,36H,3-4,6-7,16,18H2,1-2H3,(H,37,39)/t19-,25+,30+/m1/s1. The van der Waals surface area contributed by atoms with Crippen LogP contribution in [0.15, 0.2) is 60.7 Å². The van der Waals surface area contributed by atoms with E-state index in [1.54, 1.807) is 12.1 Å². The number of nitrogens with zero attached hydrogens (tertiary/aromatic N) is 1. The molecule has 8 heteroatoms. The van der Waals surface area contributed by atoms with Gasteiger partial charge in [-0.3, -0.25) is 9.59 Å². The van der Waals surface area contributed by atoms with Crippen LogP contribution >= 0.6 is 11.6 Å². The van der Waals surface area contributed by atoms with Crippen molar-refractivity contribution in [3.8, 4) is 0 Å². The smallest absolute Gasteiger partial charge is 0.260 e. The minimum absolute atomic E-state index is 0.0734. The van der Waals surface area contributed by atoms with Crippen LogP contribution in [0.3, 0.4) is 0 Å². The van der Waals surface area contributed by atoms with Crippen LogP contribution in [0.2, 0.25) is 5.02 Å². The largest absolute Gasteiger partial charge is 0.382 e. The van der Waals surface area contributed by atoms with Crippen LogP contribution in [0.25, 0.3) is 0 Å². The number of piperidine rings is 1. The van der Waals surface area contributed by atoms with E-state index in [0.717, 1.165) is 41.8 Å². The average molecular weight is 566 g/mol. The molecule has 0 aromatic heterocycles. The Morgan fingerprint density at radius 2 is 1.60 bits per heavy atom. The molecule has 1 saturated heterocycles. The Morgan fingerprint density at radius 1 is 0.950 bits per heavy atom. The van der Waals surface area contributed by atoms with Crippen molar-refractivity contribution in [3.63, 3.8) is 0 Å². The van der Waals surface area contributed by atoms with E-state index < -0.39 is 35.1 Å². The van der Waals surface area contributed by atoms with E-state index in [2.05, 4.69) is 10.6 Å². The lowest BCUT2D eigenvalue weighted by Gasteiger charge is -2.43. The van der Waals surface area contributed by atoms with Crippen molar-refractivity contribution >= 4 is 34.8 Å². The first-order chi connectivity index (χ1) is 19.2. The molecule has 0 radical (unpaired) electrons. The summed E-state index contributed by atoms with van der Waals surface area (Å²) >= 11 is 6.29. The molecule has 5 rings (SSSR count). The summed E-state index contributed by atoms with van der Waals surface area (Å²) in [5, 5.41) is 7.05. The third-order valence-corrected chi connectivity index (χ3v) is 8.48. The lowest BCUT2D eigenvalue weighted by molar-refractivity contribution is -0.124. The molecule has 0 bridgehead atoms. The van der Waals surface area contributed by atoms with Crippen molar-refractivity contribution in [3.05, 3.63) is 94.0 Å². The summed E-state index contributed by atoms with van der Waals surface area (Å²) in [6.07, 6.45) is 5.18. The summed E-state index contributed by atoms with van der Waals surface area (Å²) in [6, 6.07) is 16.1. The van der Waals surface area contributed by atoms with E-state index >= 15 is 0 Å². The number of aryl methyl sites for hydroxylation is 1. The van der Waals surface area contributed by atoms with Crippen LogP contribution in [0, 0.1) is 30.4 Å². The van der Waals surface area contributed by atoms with Gasteiger partial charge in [-0.2, -0.15) is 0 Å². The monoisotopic (exact) mass is 565 g/mol. The quantitative estimate of drug-likeness (QED) is 0.321. The third kappa shape index (κ3) is 5.99. The molecule has 2 fully saturated rings. The molecule has 1 aliphatic carbocycles. The number of rotatable bonds is 6. The first kappa shape index (κ1) is 28.1. The van der Waals surface area contributed by atoms with E-state index in [4.69, 9.17) is 11.6 Å². The Morgan fingerprint density at radius 3 is 2.25 bits per heavy atom. The molecule has 0 unspecified atom stereocenters. The fraction of sp³-hybridized carbons (Fsp3) is 0.375. The van der Waals surface area contributed by atoms with Crippen LogP contribution in [-0.2, 0) is 4.79 Å². The Hall–Kier alpha value is -3.45. The van der Waals surface area contributed by atoms with Gasteiger partial charge in [-0.1, -0.05) is 55.6 Å². The molecule has 2 amide bonds. The molecule has 3 aromatic rings. The summed E-state index contributed by atoms with van der Waals surface area (Å²) in [7, 11) is 0. The van der Waals surface area contributed by atoms with Crippen molar-refractivity contribution in [2.75, 3.05) is 17.2 Å². The van der Waals surface area contributed by atoms with E-state index in [1.807, 2.05) is 44.2 Å². The lowest BCUT2D eigenvalue weighted by atomic mass is 9.79. The molecular weight excluding hydrogens is 532 g/mol. The highest BCUT2D eigenvalue weighted by atomic mass is 35.5. The number of halogens is 3. The third-order valence-electron chi connectivity index (χ3n) is 8.07. The maximum absolute atomic E-state index is 14.8. The van der Waals surface area contributed by atoms with Crippen LogP contribution in [-0.4, -0.2) is 29.3 Å². The van der Waals surface area contributed by atoms with E-state index in [0.29, 0.717) is 23.2 Å². The van der Waals surface area contributed by atoms with E-state index in [-0.39, 0.29) is 18.4 Å². The van der Waals surface area contributed by atoms with Crippen molar-refractivity contribution in [2.24, 2.45) is 11.8 Å². The summed E-state index contributed by atoms with van der Waals surface area (Å²) in [6.45, 7) is 4.08. The normalized spacial score (nSPS) is 21.3. The second-order valence-electron chi connectivity index (χ2n) is 11.1. The number of carbonyl (C=O) groups excluding carboxylic acids is 2. The van der Waals surface area contributed by atoms with Gasteiger partial charge >= 0.3 is 0 Å². The second-order valence-corrected chi connectivity index (χ2v) is 11.6. The minimum atomic E-state index is -0.923. The molecule has 1 heterocycles. The van der Waals surface area contributed by atoms with Gasteiger partial charge in [0.05, 0.1) is 12.0 Å². The summed E-state index contributed by atoms with van der Waals surface area (Å²) < 4.78 is 29.5. The number of hydrogen-bond donors (Lipinski definition) is 2. The molecule has 1 aliphatic heterocycles. The number of likely N-dealkylation sites (tertiary alicyclic amines) is 1. The SMILES string of the molecule is Cc1ccc(NC(=O)[C@H]2C[C@@H](C)CN(C(=O)c3c(F)cccc3F)[C@H]2c2ccc(NC3CCCC3)cc2)cc1Cl. The lowest BCUT2D eigenvalue weighted by Crippen LogP contribution is -2.49. The Kier molecular flexibility index (Phi) is 8.40. The number of amides is 2. The van der Waals surface area contributed by atoms with Crippen LogP contribution in [0.4, 0.5) is 20.2 Å². The topological polar surface area (TPSA) is 61.4 Å². The van der Waals surface area contributed by atoms with Crippen molar-refractivity contribution < 1.29 is 18.4 Å². The molecular formula is C32H34ClF2N3O2. The van der Waals surface area contributed by atoms with E-state index in [9.17, 15) is 18.4 Å². The summed E-state index contributed by atoms with van der Waals surface area (Å²) in [5.41, 5.74) is 2.53. The molecule has 210 valence electrons. The van der Waals surface area contributed by atoms with Gasteiger partial charge in [0.2, 0.25) is 5.91 Å². The van der Waals surface area contributed by atoms with Crippen molar-refractivity contribution in [1.29, 1.82) is 0 Å². The average Bonchev–Trinajstić information content (AvgIpc) is 3.44. The molecule has 1 saturated carbocycles. The maximum atomic E-state index is 14.8. The van der Waals surface area contributed by atoms with Gasteiger partial charge in [-0.25, -0.2) is 8.78 Å². The van der Waals surface area contributed by atoms with Crippen LogP contribution < -0.4 is 10.6 Å². The van der Waals surface area contributed by atoms with Gasteiger partial charge in [0, 0.05) is 29.0 Å². The molecule has 5 nitrogen and oxygen atoms in total. The van der Waals surface area contributed by atoms with Crippen molar-refractivity contribution in [1.82, 2.24) is 4.90 Å². The minimum Gasteiger partial charge on any atom is -0.382 e. The highest BCUT2D eigenvalue weighted by Crippen LogP contribution is 2.41. The zero-order valence-corrected chi connectivity index (χ0v) is 23.5. The van der Waals surface area contributed by atoms with Crippen LogP contribution in [0.5, 0.6) is 0 Å². The van der Waals surface area contributed by atoms with Crippen LogP contribution in [0.1, 0.15) is 66.6 Å². The van der Waals surface area contributed by atoms with E-state index in [1.165, 1.54) is 23.8 Å². The second kappa shape index (κ2) is 12.0. The van der Waals surface area contributed by atoms with Gasteiger partial charge in [0.25, 0.3) is 5.91 Å². The number of benzene rings is 3. The summed E-state index contributed by atoms with van der Waals surface area (Å²) in [4.78, 5) is 29.0. The first-order valence-corrected chi connectivity index (χ1v) is 14.3. The molecule has 2 N–H and O–H groups in total. The molecule has 40 heavy (non-hydrogen) atoms. The fourth-order valence-corrected chi connectivity index (χ4v) is 6.19. The van der Waals surface area contributed by atoms with Gasteiger partial charge < -0.3 is 15.5 Å². The zero-order valence-electron chi connectivity index (χ0n) is 22.7. The molecule has 0 spiro atoms. The Labute approximate surface area is 238 Å². The number of anilines is 2. The highest BCUT2D eigenvalue weighted by molar-refractivity contribution is 6.31. The Bertz CT molecular complexity index is 1370. The maximum Gasteiger partial charge on any atom is 0.260 e. The number of carbonyl (C=O) groups is 2. The Balaban J connectivity index is 1.50. The number of nitrogens with one attached hydrogen (secondary N) is 2. The molecule has 3 atom stereocenters. The van der Waals surface area contributed by atoms with Gasteiger partial charge in [0.1, 0.15) is 17.2 Å². The zero-order chi connectivity index (χ0) is 28.4. The van der Waals surface area contributed by atoms with Gasteiger partial charge in [-0.15, -0.1) is 0 Å². The summed E-state index contributed by atoms with van der Waals surface area (Å²) in [5.74, 6) is -3.62. The predicted octanol–water partition coefficient (Wildman–Crippen LogP) is 7.76. The highest BCUT2D eigenvalue weighted by Gasteiger charge is 2.43.